The molecule has 1 fully saturated rings. The van der Waals surface area contributed by atoms with E-state index in [1.165, 1.54) is 19.3 Å². The minimum atomic E-state index is -0.513. The molecule has 0 radical (unpaired) electrons. The molecule has 2 N–H and O–H groups in total. The molecule has 3 atom stereocenters. The van der Waals surface area contributed by atoms with Gasteiger partial charge in [0.25, 0.3) is 0 Å². The van der Waals surface area contributed by atoms with Gasteiger partial charge in [-0.25, -0.2) is 4.98 Å². The summed E-state index contributed by atoms with van der Waals surface area (Å²) in [5, 5.41) is 13.1. The molecule has 118 valence electrons. The Bertz CT molecular complexity index is 410. The number of pyridine rings is 1. The van der Waals surface area contributed by atoms with E-state index >= 15 is 0 Å². The second-order valence-corrected chi connectivity index (χ2v) is 5.76. The van der Waals surface area contributed by atoms with Crippen LogP contribution in [-0.4, -0.2) is 42.6 Å². The molecule has 0 bridgehead atoms. The van der Waals surface area contributed by atoms with E-state index in [9.17, 15) is 5.11 Å². The maximum Gasteiger partial charge on any atom is 0.213 e. The summed E-state index contributed by atoms with van der Waals surface area (Å²) in [6.45, 7) is 3.07. The largest absolute Gasteiger partial charge is 0.481 e. The van der Waals surface area contributed by atoms with E-state index in [1.54, 1.807) is 19.4 Å². The van der Waals surface area contributed by atoms with E-state index < -0.39 is 6.10 Å². The molecule has 0 spiro atoms. The van der Waals surface area contributed by atoms with Crippen LogP contribution in [0.15, 0.2) is 18.3 Å². The fourth-order valence-corrected chi connectivity index (χ4v) is 2.66. The summed E-state index contributed by atoms with van der Waals surface area (Å²) < 4.78 is 10.9. The molecule has 1 aliphatic carbocycles. The molecule has 5 heteroatoms. The minimum Gasteiger partial charge on any atom is -0.481 e. The van der Waals surface area contributed by atoms with Gasteiger partial charge in [0.1, 0.15) is 0 Å². The molecule has 3 unspecified atom stereocenters. The smallest absolute Gasteiger partial charge is 0.213 e. The first-order valence-electron chi connectivity index (χ1n) is 7.72. The third-order valence-corrected chi connectivity index (χ3v) is 4.02. The van der Waals surface area contributed by atoms with Crippen molar-refractivity contribution in [2.24, 2.45) is 5.92 Å². The summed E-state index contributed by atoms with van der Waals surface area (Å²) in [6, 6.07) is 3.66. The van der Waals surface area contributed by atoms with Gasteiger partial charge >= 0.3 is 0 Å². The lowest BCUT2D eigenvalue weighted by Gasteiger charge is -2.29. The first kappa shape index (κ1) is 16.0. The first-order valence-corrected chi connectivity index (χ1v) is 7.72. The molecule has 21 heavy (non-hydrogen) atoms. The van der Waals surface area contributed by atoms with Crippen molar-refractivity contribution < 1.29 is 14.6 Å². The van der Waals surface area contributed by atoms with Gasteiger partial charge in [-0.15, -0.1) is 0 Å². The molecule has 1 heterocycles. The summed E-state index contributed by atoms with van der Waals surface area (Å²) in [5.74, 6) is 1.18. The lowest BCUT2D eigenvalue weighted by Crippen LogP contribution is -2.32. The van der Waals surface area contributed by atoms with Gasteiger partial charge in [0.2, 0.25) is 5.88 Å². The van der Waals surface area contributed by atoms with Gasteiger partial charge in [-0.1, -0.05) is 19.8 Å². The van der Waals surface area contributed by atoms with Crippen LogP contribution in [0.4, 0.5) is 5.69 Å². The highest BCUT2D eigenvalue weighted by atomic mass is 16.5. The number of rotatable bonds is 7. The van der Waals surface area contributed by atoms with Crippen LogP contribution in [0.2, 0.25) is 0 Å². The molecule has 1 saturated carbocycles. The molecule has 1 aromatic rings. The van der Waals surface area contributed by atoms with Gasteiger partial charge in [0, 0.05) is 12.6 Å². The Hall–Kier alpha value is -1.33. The molecule has 0 aromatic carbocycles. The van der Waals surface area contributed by atoms with E-state index in [-0.39, 0.29) is 0 Å². The van der Waals surface area contributed by atoms with Crippen LogP contribution >= 0.6 is 0 Å². The Labute approximate surface area is 126 Å². The summed E-state index contributed by atoms with van der Waals surface area (Å²) in [4.78, 5) is 4.11. The van der Waals surface area contributed by atoms with Crippen molar-refractivity contribution in [3.05, 3.63) is 18.3 Å². The highest BCUT2D eigenvalue weighted by Gasteiger charge is 2.22. The predicted molar refractivity (Wildman–Crippen MR) is 82.7 cm³/mol. The molecule has 2 rings (SSSR count). The molecule has 1 aromatic heterocycles. The number of aliphatic hydroxyl groups excluding tert-OH is 1. The van der Waals surface area contributed by atoms with Crippen LogP contribution in [0.3, 0.4) is 0 Å². The molecule has 5 nitrogen and oxygen atoms in total. The van der Waals surface area contributed by atoms with Crippen molar-refractivity contribution in [3.8, 4) is 5.88 Å². The van der Waals surface area contributed by atoms with E-state index in [4.69, 9.17) is 9.47 Å². The third-order valence-electron chi connectivity index (χ3n) is 4.02. The lowest BCUT2D eigenvalue weighted by molar-refractivity contribution is -0.0424. The summed E-state index contributed by atoms with van der Waals surface area (Å²) in [5.41, 5.74) is 0.862. The van der Waals surface area contributed by atoms with Gasteiger partial charge in [-0.05, 0) is 24.8 Å². The SMILES string of the molecule is COc1ccc(NCC(O)COC2CCCCC2C)cn1. The predicted octanol–water partition coefficient (Wildman–Crippen LogP) is 2.46. The minimum absolute atomic E-state index is 0.302. The van der Waals surface area contributed by atoms with Gasteiger partial charge in [-0.3, -0.25) is 0 Å². The number of ether oxygens (including phenoxy) is 2. The van der Waals surface area contributed by atoms with Gasteiger partial charge in [0.15, 0.2) is 0 Å². The van der Waals surface area contributed by atoms with Crippen LogP contribution in [0.25, 0.3) is 0 Å². The second-order valence-electron chi connectivity index (χ2n) is 5.76. The Balaban J connectivity index is 1.67. The van der Waals surface area contributed by atoms with Gasteiger partial charge < -0.3 is 19.9 Å². The van der Waals surface area contributed by atoms with Crippen LogP contribution in [0, 0.1) is 5.92 Å². The van der Waals surface area contributed by atoms with Crippen molar-refractivity contribution in [1.82, 2.24) is 4.98 Å². The molecule has 0 amide bonds. The fourth-order valence-electron chi connectivity index (χ4n) is 2.66. The van der Waals surface area contributed by atoms with Crippen LogP contribution in [0.5, 0.6) is 5.88 Å². The highest BCUT2D eigenvalue weighted by molar-refractivity contribution is 5.42. The lowest BCUT2D eigenvalue weighted by atomic mass is 9.88. The molecule has 0 aliphatic heterocycles. The number of hydrogen-bond acceptors (Lipinski definition) is 5. The van der Waals surface area contributed by atoms with Crippen LogP contribution < -0.4 is 10.1 Å². The number of hydrogen-bond donors (Lipinski definition) is 2. The zero-order valence-corrected chi connectivity index (χ0v) is 12.9. The topological polar surface area (TPSA) is 63.6 Å². The number of nitrogens with zero attached hydrogens (tertiary/aromatic N) is 1. The maximum atomic E-state index is 10.00. The molecule has 1 aliphatic rings. The zero-order chi connectivity index (χ0) is 15.1. The van der Waals surface area contributed by atoms with E-state index in [1.807, 2.05) is 6.07 Å². The van der Waals surface area contributed by atoms with E-state index in [0.29, 0.717) is 31.1 Å². The van der Waals surface area contributed by atoms with Crippen molar-refractivity contribution in [3.63, 3.8) is 0 Å². The fraction of sp³-hybridized carbons (Fsp3) is 0.688. The van der Waals surface area contributed by atoms with Crippen molar-refractivity contribution >= 4 is 5.69 Å². The van der Waals surface area contributed by atoms with Gasteiger partial charge in [-0.2, -0.15) is 0 Å². The second kappa shape index (κ2) is 8.20. The van der Waals surface area contributed by atoms with Crippen molar-refractivity contribution in [2.75, 3.05) is 25.6 Å². The zero-order valence-electron chi connectivity index (χ0n) is 12.9. The van der Waals surface area contributed by atoms with Crippen LogP contribution in [-0.2, 0) is 4.74 Å². The summed E-state index contributed by atoms with van der Waals surface area (Å²) in [6.07, 6.45) is 6.36. The van der Waals surface area contributed by atoms with E-state index in [0.717, 1.165) is 12.1 Å². The number of anilines is 1. The molecular formula is C16H26N2O3. The Morgan fingerprint density at radius 3 is 2.86 bits per heavy atom. The van der Waals surface area contributed by atoms with E-state index in [2.05, 4.69) is 17.2 Å². The average Bonchev–Trinajstić information content (AvgIpc) is 2.52. The quantitative estimate of drug-likeness (QED) is 0.809. The van der Waals surface area contributed by atoms with Crippen LogP contribution in [0.1, 0.15) is 32.6 Å². The Kier molecular flexibility index (Phi) is 6.26. The summed E-state index contributed by atoms with van der Waals surface area (Å²) >= 11 is 0. The van der Waals surface area contributed by atoms with Crippen molar-refractivity contribution in [2.45, 2.75) is 44.8 Å². The van der Waals surface area contributed by atoms with Crippen molar-refractivity contribution in [1.29, 1.82) is 0 Å². The monoisotopic (exact) mass is 294 g/mol. The number of aromatic nitrogens is 1. The molecular weight excluding hydrogens is 268 g/mol. The highest BCUT2D eigenvalue weighted by Crippen LogP contribution is 2.26. The number of nitrogens with one attached hydrogen (secondary N) is 1. The van der Waals surface area contributed by atoms with Gasteiger partial charge in [0.05, 0.1) is 37.8 Å². The molecule has 0 saturated heterocycles. The number of aliphatic hydroxyl groups is 1. The average molecular weight is 294 g/mol. The first-order chi connectivity index (χ1) is 10.2. The normalized spacial score (nSPS) is 23.6. The Morgan fingerprint density at radius 2 is 2.19 bits per heavy atom. The Morgan fingerprint density at radius 1 is 1.38 bits per heavy atom. The summed E-state index contributed by atoms with van der Waals surface area (Å²) in [7, 11) is 1.59. The third kappa shape index (κ3) is 5.17. The maximum absolute atomic E-state index is 10.00. The standard InChI is InChI=1S/C16H26N2O3/c1-12-5-3-4-6-15(12)21-11-14(19)10-17-13-7-8-16(20-2)18-9-13/h7-9,12,14-15,17,19H,3-6,10-11H2,1-2H3. The number of methoxy groups -OCH3 is 1.